The minimum Gasteiger partial charge on any atom is -0.481 e. The molecule has 0 saturated heterocycles. The van der Waals surface area contributed by atoms with Crippen molar-refractivity contribution in [2.45, 2.75) is 25.2 Å². The summed E-state index contributed by atoms with van der Waals surface area (Å²) < 4.78 is 49.4. The van der Waals surface area contributed by atoms with E-state index in [1.807, 2.05) is 0 Å². The van der Waals surface area contributed by atoms with E-state index in [2.05, 4.69) is 0 Å². The Hall–Kier alpha value is -1.59. The third-order valence-corrected chi connectivity index (χ3v) is 2.36. The number of carboxylic acid groups (broad SMARTS) is 1. The molecule has 94 valence electrons. The number of rotatable bonds is 3. The zero-order valence-electron chi connectivity index (χ0n) is 8.83. The Morgan fingerprint density at radius 3 is 2.29 bits per heavy atom. The van der Waals surface area contributed by atoms with Gasteiger partial charge in [0, 0.05) is 0 Å². The summed E-state index contributed by atoms with van der Waals surface area (Å²) in [6.45, 7) is 1.32. The molecule has 0 bridgehead atoms. The first-order valence-electron chi connectivity index (χ1n) is 4.77. The molecule has 0 saturated carbocycles. The van der Waals surface area contributed by atoms with Gasteiger partial charge in [0.2, 0.25) is 6.17 Å². The Morgan fingerprint density at radius 1 is 1.29 bits per heavy atom. The van der Waals surface area contributed by atoms with Gasteiger partial charge >= 0.3 is 12.1 Å². The van der Waals surface area contributed by atoms with Gasteiger partial charge in [-0.15, -0.1) is 0 Å². The van der Waals surface area contributed by atoms with E-state index in [0.717, 1.165) is 12.1 Å². The van der Waals surface area contributed by atoms with E-state index in [-0.39, 0.29) is 5.56 Å². The van der Waals surface area contributed by atoms with Gasteiger partial charge in [-0.25, -0.2) is 4.39 Å². The predicted molar refractivity (Wildman–Crippen MR) is 52.4 cm³/mol. The van der Waals surface area contributed by atoms with Crippen LogP contribution in [0, 0.1) is 0 Å². The van der Waals surface area contributed by atoms with Gasteiger partial charge in [-0.3, -0.25) is 4.79 Å². The number of alkyl halides is 4. The van der Waals surface area contributed by atoms with Crippen molar-refractivity contribution in [3.63, 3.8) is 0 Å². The molecule has 0 aromatic heterocycles. The van der Waals surface area contributed by atoms with Crippen molar-refractivity contribution in [3.8, 4) is 0 Å². The van der Waals surface area contributed by atoms with Gasteiger partial charge in [0.05, 0.1) is 5.92 Å². The van der Waals surface area contributed by atoms with Crippen LogP contribution in [0.3, 0.4) is 0 Å². The van der Waals surface area contributed by atoms with Crippen LogP contribution in [0.4, 0.5) is 17.6 Å². The minimum atomic E-state index is -4.98. The van der Waals surface area contributed by atoms with Crippen molar-refractivity contribution in [2.75, 3.05) is 0 Å². The highest BCUT2D eigenvalue weighted by atomic mass is 19.4. The Balaban J connectivity index is 3.05. The summed E-state index contributed by atoms with van der Waals surface area (Å²) in [5.41, 5.74) is -0.440. The average Bonchev–Trinajstić information content (AvgIpc) is 2.25. The minimum absolute atomic E-state index is 0.141. The SMILES string of the molecule is CC(C(=O)O)c1cccc(C(F)C(F)(F)F)c1. The second-order valence-electron chi connectivity index (χ2n) is 3.63. The fourth-order valence-electron chi connectivity index (χ4n) is 1.32. The van der Waals surface area contributed by atoms with Crippen LogP contribution in [0.25, 0.3) is 0 Å². The lowest BCUT2D eigenvalue weighted by atomic mass is 9.97. The van der Waals surface area contributed by atoms with Crippen LogP contribution in [-0.4, -0.2) is 17.3 Å². The van der Waals surface area contributed by atoms with Crippen LogP contribution in [0.2, 0.25) is 0 Å². The van der Waals surface area contributed by atoms with Crippen LogP contribution in [0.1, 0.15) is 30.1 Å². The number of halogens is 4. The highest BCUT2D eigenvalue weighted by Gasteiger charge is 2.41. The second kappa shape index (κ2) is 4.73. The van der Waals surface area contributed by atoms with Gasteiger partial charge in [0.1, 0.15) is 0 Å². The zero-order chi connectivity index (χ0) is 13.2. The van der Waals surface area contributed by atoms with Gasteiger partial charge in [-0.2, -0.15) is 13.2 Å². The molecule has 1 N–H and O–H groups in total. The van der Waals surface area contributed by atoms with Crippen molar-refractivity contribution in [1.82, 2.24) is 0 Å². The van der Waals surface area contributed by atoms with Crippen molar-refractivity contribution in [1.29, 1.82) is 0 Å². The summed E-state index contributed by atoms with van der Waals surface area (Å²) in [6.07, 6.45) is -8.08. The number of aliphatic carboxylic acids is 1. The number of hydrogen-bond donors (Lipinski definition) is 1. The Labute approximate surface area is 94.9 Å². The molecule has 1 aromatic rings. The molecule has 0 aliphatic heterocycles. The van der Waals surface area contributed by atoms with Crippen molar-refractivity contribution >= 4 is 5.97 Å². The topological polar surface area (TPSA) is 37.3 Å². The van der Waals surface area contributed by atoms with Crippen molar-refractivity contribution in [2.24, 2.45) is 0 Å². The average molecular weight is 250 g/mol. The summed E-state index contributed by atoms with van der Waals surface area (Å²) in [5, 5.41) is 8.71. The van der Waals surface area contributed by atoms with E-state index in [4.69, 9.17) is 5.11 Å². The van der Waals surface area contributed by atoms with Gasteiger partial charge in [-0.1, -0.05) is 24.3 Å². The van der Waals surface area contributed by atoms with E-state index < -0.39 is 29.8 Å². The molecular weight excluding hydrogens is 240 g/mol. The van der Waals surface area contributed by atoms with Gasteiger partial charge in [0.25, 0.3) is 0 Å². The van der Waals surface area contributed by atoms with E-state index >= 15 is 0 Å². The van der Waals surface area contributed by atoms with E-state index in [9.17, 15) is 22.4 Å². The highest BCUT2D eigenvalue weighted by molar-refractivity contribution is 5.75. The molecular formula is C11H10F4O2. The fourth-order valence-corrected chi connectivity index (χ4v) is 1.32. The highest BCUT2D eigenvalue weighted by Crippen LogP contribution is 2.36. The molecule has 17 heavy (non-hydrogen) atoms. The molecule has 1 rings (SSSR count). The lowest BCUT2D eigenvalue weighted by molar-refractivity contribution is -0.182. The van der Waals surface area contributed by atoms with Crippen LogP contribution in [0.5, 0.6) is 0 Å². The van der Waals surface area contributed by atoms with Gasteiger partial charge < -0.3 is 5.11 Å². The smallest absolute Gasteiger partial charge is 0.423 e. The maximum absolute atomic E-state index is 13.0. The normalized spacial score (nSPS) is 15.4. The molecule has 2 atom stereocenters. The van der Waals surface area contributed by atoms with Gasteiger partial charge in [0.15, 0.2) is 0 Å². The first-order chi connectivity index (χ1) is 7.73. The second-order valence-corrected chi connectivity index (χ2v) is 3.63. The molecule has 0 radical (unpaired) electrons. The number of benzene rings is 1. The van der Waals surface area contributed by atoms with E-state index in [1.165, 1.54) is 19.1 Å². The van der Waals surface area contributed by atoms with Crippen LogP contribution >= 0.6 is 0 Å². The predicted octanol–water partition coefficient (Wildman–Crippen LogP) is 3.45. The lowest BCUT2D eigenvalue weighted by Gasteiger charge is -2.14. The number of carboxylic acids is 1. The number of carbonyl (C=O) groups is 1. The summed E-state index contributed by atoms with van der Waals surface area (Å²) >= 11 is 0. The molecule has 0 fully saturated rings. The third-order valence-electron chi connectivity index (χ3n) is 2.36. The standard InChI is InChI=1S/C11H10F4O2/c1-6(10(16)17)7-3-2-4-8(5-7)9(12)11(13,14)15/h2-6,9H,1H3,(H,16,17). The molecule has 0 amide bonds. The quantitative estimate of drug-likeness (QED) is 0.834. The Morgan fingerprint density at radius 2 is 1.82 bits per heavy atom. The number of hydrogen-bond acceptors (Lipinski definition) is 1. The maximum Gasteiger partial charge on any atom is 0.423 e. The first-order valence-corrected chi connectivity index (χ1v) is 4.77. The molecule has 0 spiro atoms. The van der Waals surface area contributed by atoms with Crippen molar-refractivity contribution < 1.29 is 27.5 Å². The zero-order valence-corrected chi connectivity index (χ0v) is 8.83. The lowest BCUT2D eigenvalue weighted by Crippen LogP contribution is -2.17. The summed E-state index contributed by atoms with van der Waals surface area (Å²) in [4.78, 5) is 10.7. The maximum atomic E-state index is 13.0. The molecule has 0 aliphatic rings. The summed E-state index contributed by atoms with van der Waals surface area (Å²) in [7, 11) is 0. The van der Waals surface area contributed by atoms with E-state index in [1.54, 1.807) is 0 Å². The molecule has 0 aliphatic carbocycles. The Kier molecular flexibility index (Phi) is 3.75. The summed E-state index contributed by atoms with van der Waals surface area (Å²) in [5.74, 6) is -2.15. The molecule has 2 unspecified atom stereocenters. The first kappa shape index (κ1) is 13.5. The third kappa shape index (κ3) is 3.18. The van der Waals surface area contributed by atoms with Gasteiger partial charge in [-0.05, 0) is 18.1 Å². The molecule has 1 aromatic carbocycles. The van der Waals surface area contributed by atoms with Crippen LogP contribution in [-0.2, 0) is 4.79 Å². The molecule has 0 heterocycles. The fraction of sp³-hybridized carbons (Fsp3) is 0.364. The monoisotopic (exact) mass is 250 g/mol. The van der Waals surface area contributed by atoms with Crippen LogP contribution < -0.4 is 0 Å². The molecule has 6 heteroatoms. The molecule has 2 nitrogen and oxygen atoms in total. The largest absolute Gasteiger partial charge is 0.481 e. The summed E-state index contributed by atoms with van der Waals surface area (Å²) in [6, 6.07) is 4.47. The van der Waals surface area contributed by atoms with Crippen LogP contribution in [0.15, 0.2) is 24.3 Å². The van der Waals surface area contributed by atoms with Crippen molar-refractivity contribution in [3.05, 3.63) is 35.4 Å². The Bertz CT molecular complexity index is 414. The van der Waals surface area contributed by atoms with E-state index in [0.29, 0.717) is 0 Å².